The van der Waals surface area contributed by atoms with E-state index >= 15 is 0 Å². The number of anilines is 1. The Morgan fingerprint density at radius 1 is 1.18 bits per heavy atom. The fourth-order valence-corrected chi connectivity index (χ4v) is 2.38. The Kier molecular flexibility index (Phi) is 4.01. The zero-order chi connectivity index (χ0) is 15.4. The van der Waals surface area contributed by atoms with Gasteiger partial charge in [-0.05, 0) is 23.6 Å². The van der Waals surface area contributed by atoms with Gasteiger partial charge in [0.1, 0.15) is 17.8 Å². The Bertz CT molecular complexity index is 762. The minimum Gasteiger partial charge on any atom is -0.459 e. The number of hydrogen-bond acceptors (Lipinski definition) is 6. The first kappa shape index (κ1) is 14.1. The lowest BCUT2D eigenvalue weighted by Gasteiger charge is -2.02. The molecule has 0 saturated carbocycles. The zero-order valence-electron chi connectivity index (χ0n) is 11.2. The van der Waals surface area contributed by atoms with E-state index in [1.807, 2.05) is 22.9 Å². The Morgan fingerprint density at radius 2 is 2.09 bits per heavy atom. The van der Waals surface area contributed by atoms with Gasteiger partial charge in [0.05, 0.1) is 6.54 Å². The molecule has 0 atom stereocenters. The molecule has 2 N–H and O–H groups in total. The number of hydrogen-bond donors (Lipinski definition) is 2. The molecule has 3 heterocycles. The number of carbonyl (C=O) groups excluding carboxylic acids is 2. The lowest BCUT2D eigenvalue weighted by atomic mass is 10.3. The third-order valence-corrected chi connectivity index (χ3v) is 3.46. The van der Waals surface area contributed by atoms with E-state index in [-0.39, 0.29) is 12.4 Å². The molecular formula is C14H11N3O4S. The topological polar surface area (TPSA) is 97.4 Å². The van der Waals surface area contributed by atoms with Gasteiger partial charge in [-0.25, -0.2) is 0 Å². The summed E-state index contributed by atoms with van der Waals surface area (Å²) in [6.07, 6.45) is 1.29. The molecule has 7 nitrogen and oxygen atoms in total. The number of furan rings is 1. The lowest BCUT2D eigenvalue weighted by Crippen LogP contribution is -2.34. The van der Waals surface area contributed by atoms with Crippen molar-refractivity contribution in [2.45, 2.75) is 6.54 Å². The van der Waals surface area contributed by atoms with Crippen LogP contribution in [0.2, 0.25) is 0 Å². The Hall–Kier alpha value is -2.87. The van der Waals surface area contributed by atoms with Crippen molar-refractivity contribution in [3.63, 3.8) is 0 Å². The van der Waals surface area contributed by atoms with Crippen LogP contribution in [0.3, 0.4) is 0 Å². The van der Waals surface area contributed by atoms with Gasteiger partial charge in [-0.2, -0.15) is 11.3 Å². The summed E-state index contributed by atoms with van der Waals surface area (Å²) in [5.41, 5.74) is 0.978. The number of amides is 2. The second-order valence-electron chi connectivity index (χ2n) is 4.30. The largest absolute Gasteiger partial charge is 0.459 e. The third-order valence-electron chi connectivity index (χ3n) is 2.78. The molecular weight excluding hydrogens is 306 g/mol. The minimum atomic E-state index is -0.821. The van der Waals surface area contributed by atoms with Crippen molar-refractivity contribution in [3.8, 4) is 11.3 Å². The van der Waals surface area contributed by atoms with Crippen molar-refractivity contribution < 1.29 is 18.5 Å². The maximum Gasteiger partial charge on any atom is 0.314 e. The molecule has 0 aromatic carbocycles. The van der Waals surface area contributed by atoms with Gasteiger partial charge in [0, 0.05) is 17.0 Å². The molecule has 0 aliphatic rings. The van der Waals surface area contributed by atoms with Gasteiger partial charge >= 0.3 is 11.8 Å². The first-order valence-corrected chi connectivity index (χ1v) is 7.27. The minimum absolute atomic E-state index is 0.120. The van der Waals surface area contributed by atoms with Crippen molar-refractivity contribution in [2.24, 2.45) is 0 Å². The standard InChI is InChI=1S/C14H11N3O4S/c18-13(14(19)16-12-3-5-20-17-12)15-7-10-1-2-11(21-10)9-4-6-22-8-9/h1-6,8H,7H2,(H,15,18)(H,16,17,19). The molecule has 2 amide bonds. The second-order valence-corrected chi connectivity index (χ2v) is 5.08. The van der Waals surface area contributed by atoms with Crippen LogP contribution >= 0.6 is 11.3 Å². The average molecular weight is 317 g/mol. The van der Waals surface area contributed by atoms with Crippen LogP contribution in [0.4, 0.5) is 5.82 Å². The summed E-state index contributed by atoms with van der Waals surface area (Å²) in [6.45, 7) is 0.120. The molecule has 0 fully saturated rings. The number of thiophene rings is 1. The van der Waals surface area contributed by atoms with Crippen LogP contribution < -0.4 is 10.6 Å². The van der Waals surface area contributed by atoms with E-state index in [0.29, 0.717) is 5.76 Å². The van der Waals surface area contributed by atoms with E-state index in [4.69, 9.17) is 4.42 Å². The van der Waals surface area contributed by atoms with Crippen molar-refractivity contribution >= 4 is 29.0 Å². The van der Waals surface area contributed by atoms with Crippen LogP contribution in [-0.2, 0) is 16.1 Å². The highest BCUT2D eigenvalue weighted by atomic mass is 32.1. The number of carbonyl (C=O) groups is 2. The molecule has 3 aromatic heterocycles. The highest BCUT2D eigenvalue weighted by Gasteiger charge is 2.15. The lowest BCUT2D eigenvalue weighted by molar-refractivity contribution is -0.136. The molecule has 0 spiro atoms. The summed E-state index contributed by atoms with van der Waals surface area (Å²) in [4.78, 5) is 23.2. The van der Waals surface area contributed by atoms with Gasteiger partial charge in [-0.3, -0.25) is 14.9 Å². The summed E-state index contributed by atoms with van der Waals surface area (Å²) in [7, 11) is 0. The summed E-state index contributed by atoms with van der Waals surface area (Å²) in [5.74, 6) is -0.144. The SMILES string of the molecule is O=C(NCc1ccc(-c2ccsc2)o1)C(=O)Nc1ccon1. The van der Waals surface area contributed by atoms with E-state index in [1.54, 1.807) is 17.4 Å². The maximum absolute atomic E-state index is 11.7. The van der Waals surface area contributed by atoms with E-state index in [0.717, 1.165) is 11.3 Å². The fraction of sp³-hybridized carbons (Fsp3) is 0.0714. The fourth-order valence-electron chi connectivity index (χ4n) is 1.73. The second kappa shape index (κ2) is 6.27. The van der Waals surface area contributed by atoms with Crippen LogP contribution in [0.5, 0.6) is 0 Å². The average Bonchev–Trinajstić information content (AvgIpc) is 3.25. The number of nitrogens with zero attached hydrogens (tertiary/aromatic N) is 1. The molecule has 0 radical (unpaired) electrons. The number of aromatic nitrogens is 1. The number of nitrogens with one attached hydrogen (secondary N) is 2. The molecule has 0 unspecified atom stereocenters. The monoisotopic (exact) mass is 317 g/mol. The van der Waals surface area contributed by atoms with Crippen molar-refractivity contribution in [1.29, 1.82) is 0 Å². The third kappa shape index (κ3) is 3.23. The predicted molar refractivity (Wildman–Crippen MR) is 79.0 cm³/mol. The molecule has 3 rings (SSSR count). The van der Waals surface area contributed by atoms with E-state index in [1.165, 1.54) is 12.3 Å². The van der Waals surface area contributed by atoms with Gasteiger partial charge in [0.25, 0.3) is 0 Å². The van der Waals surface area contributed by atoms with Crippen LogP contribution in [-0.4, -0.2) is 17.0 Å². The van der Waals surface area contributed by atoms with Gasteiger partial charge in [-0.15, -0.1) is 0 Å². The Balaban J connectivity index is 1.54. The molecule has 3 aromatic rings. The molecule has 0 aliphatic carbocycles. The molecule has 0 saturated heterocycles. The highest BCUT2D eigenvalue weighted by molar-refractivity contribution is 7.08. The van der Waals surface area contributed by atoms with Crippen molar-refractivity contribution in [3.05, 3.63) is 47.0 Å². The summed E-state index contributed by atoms with van der Waals surface area (Å²) in [5, 5.41) is 12.2. The van der Waals surface area contributed by atoms with Gasteiger partial charge in [0.2, 0.25) is 0 Å². The Labute approximate surface area is 128 Å². The molecule has 112 valence electrons. The quantitative estimate of drug-likeness (QED) is 0.719. The first-order valence-electron chi connectivity index (χ1n) is 6.33. The van der Waals surface area contributed by atoms with E-state index in [2.05, 4.69) is 20.3 Å². The van der Waals surface area contributed by atoms with Gasteiger partial charge in [-0.1, -0.05) is 5.16 Å². The van der Waals surface area contributed by atoms with Crippen molar-refractivity contribution in [2.75, 3.05) is 5.32 Å². The highest BCUT2D eigenvalue weighted by Crippen LogP contribution is 2.24. The maximum atomic E-state index is 11.7. The van der Waals surface area contributed by atoms with E-state index in [9.17, 15) is 9.59 Å². The summed E-state index contributed by atoms with van der Waals surface area (Å²) in [6, 6.07) is 6.95. The predicted octanol–water partition coefficient (Wildman–Crippen LogP) is 2.25. The van der Waals surface area contributed by atoms with E-state index < -0.39 is 11.8 Å². The molecule has 22 heavy (non-hydrogen) atoms. The van der Waals surface area contributed by atoms with Crippen molar-refractivity contribution in [1.82, 2.24) is 10.5 Å². The molecule has 8 heteroatoms. The van der Waals surface area contributed by atoms with Crippen LogP contribution in [0.1, 0.15) is 5.76 Å². The summed E-state index contributed by atoms with van der Waals surface area (Å²) < 4.78 is 10.1. The zero-order valence-corrected chi connectivity index (χ0v) is 12.1. The van der Waals surface area contributed by atoms with Crippen LogP contribution in [0, 0.1) is 0 Å². The number of rotatable bonds is 4. The van der Waals surface area contributed by atoms with Gasteiger partial charge in [0.15, 0.2) is 5.82 Å². The van der Waals surface area contributed by atoms with Gasteiger partial charge < -0.3 is 14.3 Å². The molecule has 0 bridgehead atoms. The summed E-state index contributed by atoms with van der Waals surface area (Å²) >= 11 is 1.57. The van der Waals surface area contributed by atoms with Crippen LogP contribution in [0.25, 0.3) is 11.3 Å². The Morgan fingerprint density at radius 3 is 2.82 bits per heavy atom. The van der Waals surface area contributed by atoms with Crippen LogP contribution in [0.15, 0.2) is 50.2 Å². The smallest absolute Gasteiger partial charge is 0.314 e. The first-order chi connectivity index (χ1) is 10.7. The molecule has 0 aliphatic heterocycles. The normalized spacial score (nSPS) is 10.4.